The van der Waals surface area contributed by atoms with Gasteiger partial charge in [0.2, 0.25) is 0 Å². The van der Waals surface area contributed by atoms with Crippen LogP contribution >= 0.6 is 12.6 Å². The van der Waals surface area contributed by atoms with Gasteiger partial charge in [0.25, 0.3) is 0 Å². The smallest absolute Gasteiger partial charge is 0.0902 e. The highest BCUT2D eigenvalue weighted by Gasteiger charge is 2.05. The number of hydrazone groups is 1. The van der Waals surface area contributed by atoms with Crippen LogP contribution in [0.5, 0.6) is 0 Å². The van der Waals surface area contributed by atoms with Gasteiger partial charge >= 0.3 is 0 Å². The largest absolute Gasteiger partial charge is 0.305 e. The molecule has 0 aliphatic carbocycles. The van der Waals surface area contributed by atoms with Gasteiger partial charge in [0.1, 0.15) is 0 Å². The van der Waals surface area contributed by atoms with E-state index in [1.165, 1.54) is 5.57 Å². The normalized spacial score (nSPS) is 14.0. The average molecular weight is 234 g/mol. The lowest BCUT2D eigenvalue weighted by Crippen LogP contribution is -2.18. The topological polar surface area (TPSA) is 24.4 Å². The van der Waals surface area contributed by atoms with Crippen molar-refractivity contribution in [2.24, 2.45) is 5.10 Å². The second kappa shape index (κ2) is 6.38. The highest BCUT2D eigenvalue weighted by atomic mass is 32.1. The zero-order valence-electron chi connectivity index (χ0n) is 9.99. The van der Waals surface area contributed by atoms with E-state index in [9.17, 15) is 0 Å². The summed E-state index contributed by atoms with van der Waals surface area (Å²) >= 11 is 4.30. The van der Waals surface area contributed by atoms with E-state index in [1.807, 2.05) is 38.1 Å². The van der Waals surface area contributed by atoms with Gasteiger partial charge in [0.15, 0.2) is 0 Å². The Bertz CT molecular complexity index is 408. The van der Waals surface area contributed by atoms with Gasteiger partial charge in [-0.3, -0.25) is 0 Å². The Hall–Kier alpha value is -1.22. The van der Waals surface area contributed by atoms with Crippen LogP contribution in [0.15, 0.2) is 45.9 Å². The van der Waals surface area contributed by atoms with Gasteiger partial charge in [-0.1, -0.05) is 31.6 Å². The number of nitrogens with zero attached hydrogens (tertiary/aromatic N) is 1. The second-order valence-corrected chi connectivity index (χ2v) is 3.89. The van der Waals surface area contributed by atoms with Gasteiger partial charge in [0, 0.05) is 10.5 Å². The Morgan fingerprint density at radius 3 is 2.69 bits per heavy atom. The molecule has 0 saturated heterocycles. The first-order valence-corrected chi connectivity index (χ1v) is 5.97. The summed E-state index contributed by atoms with van der Waals surface area (Å²) in [6, 6.07) is 7.99. The zero-order chi connectivity index (χ0) is 12.0. The molecule has 1 aromatic rings. The predicted molar refractivity (Wildman–Crippen MR) is 73.3 cm³/mol. The summed E-state index contributed by atoms with van der Waals surface area (Å²) in [6.07, 6.45) is 2.10. The van der Waals surface area contributed by atoms with Crippen LogP contribution in [-0.4, -0.2) is 12.3 Å². The van der Waals surface area contributed by atoms with E-state index in [0.717, 1.165) is 22.7 Å². The molecule has 0 bridgehead atoms. The fourth-order valence-corrected chi connectivity index (χ4v) is 1.60. The van der Waals surface area contributed by atoms with Crippen LogP contribution in [0.4, 0.5) is 0 Å². The van der Waals surface area contributed by atoms with E-state index in [0.29, 0.717) is 0 Å². The lowest BCUT2D eigenvalue weighted by molar-refractivity contribution is 0.788. The molecule has 0 saturated carbocycles. The summed E-state index contributed by atoms with van der Waals surface area (Å²) in [5.74, 6) is 0. The van der Waals surface area contributed by atoms with Crippen LogP contribution in [0, 0.1) is 0 Å². The van der Waals surface area contributed by atoms with Gasteiger partial charge < -0.3 is 5.43 Å². The van der Waals surface area contributed by atoms with Crippen molar-refractivity contribution in [3.05, 3.63) is 41.5 Å². The molecule has 3 heteroatoms. The first kappa shape index (κ1) is 12.8. The van der Waals surface area contributed by atoms with Crippen LogP contribution in [0.1, 0.15) is 26.3 Å². The molecule has 1 heterocycles. The Morgan fingerprint density at radius 1 is 1.31 bits per heavy atom. The number of nitrogens with one attached hydrogen (secondary N) is 1. The Labute approximate surface area is 103 Å². The van der Waals surface area contributed by atoms with Crippen molar-refractivity contribution in [1.29, 1.82) is 0 Å². The second-order valence-electron chi connectivity index (χ2n) is 3.37. The van der Waals surface area contributed by atoms with Crippen molar-refractivity contribution in [3.63, 3.8) is 0 Å². The van der Waals surface area contributed by atoms with Crippen LogP contribution < -0.4 is 5.43 Å². The third kappa shape index (κ3) is 3.42. The van der Waals surface area contributed by atoms with Gasteiger partial charge in [-0.05, 0) is 25.1 Å². The van der Waals surface area contributed by atoms with Crippen LogP contribution in [-0.2, 0) is 0 Å². The Balaban J connectivity index is 0.000000606. The van der Waals surface area contributed by atoms with E-state index >= 15 is 0 Å². The third-order valence-corrected chi connectivity index (χ3v) is 2.36. The van der Waals surface area contributed by atoms with Crippen LogP contribution in [0.2, 0.25) is 0 Å². The molecule has 0 unspecified atom stereocenters. The summed E-state index contributed by atoms with van der Waals surface area (Å²) in [5, 5.41) is 4.25. The minimum Gasteiger partial charge on any atom is -0.305 e. The van der Waals surface area contributed by atoms with Crippen molar-refractivity contribution in [2.75, 3.05) is 6.54 Å². The maximum absolute atomic E-state index is 4.30. The molecule has 1 aliphatic rings. The Morgan fingerprint density at radius 2 is 2.06 bits per heavy atom. The molecule has 16 heavy (non-hydrogen) atoms. The molecular formula is C13H18N2S. The summed E-state index contributed by atoms with van der Waals surface area (Å²) < 4.78 is 0. The van der Waals surface area contributed by atoms with E-state index in [4.69, 9.17) is 0 Å². The number of hydrogen-bond donors (Lipinski definition) is 2. The lowest BCUT2D eigenvalue weighted by atomic mass is 10.1. The predicted octanol–water partition coefficient (Wildman–Crippen LogP) is 3.26. The molecule has 0 spiro atoms. The third-order valence-electron chi connectivity index (χ3n) is 2.08. The van der Waals surface area contributed by atoms with Crippen molar-refractivity contribution in [3.8, 4) is 0 Å². The monoisotopic (exact) mass is 234 g/mol. The quantitative estimate of drug-likeness (QED) is 0.716. The highest BCUT2D eigenvalue weighted by molar-refractivity contribution is 7.80. The Kier molecular flexibility index (Phi) is 5.12. The van der Waals surface area contributed by atoms with Gasteiger partial charge in [-0.2, -0.15) is 5.10 Å². The summed E-state index contributed by atoms with van der Waals surface area (Å²) in [7, 11) is 0. The van der Waals surface area contributed by atoms with Crippen molar-refractivity contribution in [1.82, 2.24) is 5.43 Å². The number of thiol groups is 1. The molecule has 0 amide bonds. The molecule has 1 N–H and O–H groups in total. The average Bonchev–Trinajstić information content (AvgIpc) is 2.32. The maximum atomic E-state index is 4.30. The SMILES string of the molecule is CC.CC1=CC(c2cccc(S)c2)=NNC1. The molecule has 1 aliphatic heterocycles. The van der Waals surface area contributed by atoms with E-state index in [2.05, 4.69) is 36.2 Å². The zero-order valence-corrected chi connectivity index (χ0v) is 10.9. The van der Waals surface area contributed by atoms with Crippen molar-refractivity contribution in [2.45, 2.75) is 25.7 Å². The van der Waals surface area contributed by atoms with Crippen LogP contribution in [0.25, 0.3) is 0 Å². The van der Waals surface area contributed by atoms with Crippen molar-refractivity contribution >= 4 is 18.3 Å². The maximum Gasteiger partial charge on any atom is 0.0902 e. The number of benzene rings is 1. The van der Waals surface area contributed by atoms with Crippen molar-refractivity contribution < 1.29 is 0 Å². The highest BCUT2D eigenvalue weighted by Crippen LogP contribution is 2.12. The van der Waals surface area contributed by atoms with E-state index < -0.39 is 0 Å². The van der Waals surface area contributed by atoms with E-state index in [-0.39, 0.29) is 0 Å². The van der Waals surface area contributed by atoms with Gasteiger partial charge in [0.05, 0.1) is 12.3 Å². The van der Waals surface area contributed by atoms with Gasteiger partial charge in [-0.25, -0.2) is 0 Å². The van der Waals surface area contributed by atoms with Crippen LogP contribution in [0.3, 0.4) is 0 Å². The fourth-order valence-electron chi connectivity index (χ4n) is 1.38. The number of rotatable bonds is 1. The number of allylic oxidation sites excluding steroid dienone is 1. The molecule has 1 aromatic carbocycles. The first-order chi connectivity index (χ1) is 7.75. The molecular weight excluding hydrogens is 216 g/mol. The lowest BCUT2D eigenvalue weighted by Gasteiger charge is -2.11. The standard InChI is InChI=1S/C11H12N2S.C2H6/c1-8-5-11(13-12-7-8)9-3-2-4-10(14)6-9;1-2/h2-6,12,14H,7H2,1H3;1-2H3. The molecule has 0 radical (unpaired) electrons. The minimum absolute atomic E-state index is 0.837. The summed E-state index contributed by atoms with van der Waals surface area (Å²) in [5.41, 5.74) is 6.37. The molecule has 0 fully saturated rings. The first-order valence-electron chi connectivity index (χ1n) is 5.53. The fraction of sp³-hybridized carbons (Fsp3) is 0.308. The molecule has 0 atom stereocenters. The number of hydrogen-bond acceptors (Lipinski definition) is 3. The minimum atomic E-state index is 0.837. The molecule has 2 rings (SSSR count). The molecule has 0 aromatic heterocycles. The molecule has 2 nitrogen and oxygen atoms in total. The van der Waals surface area contributed by atoms with E-state index in [1.54, 1.807) is 0 Å². The summed E-state index contributed by atoms with van der Waals surface area (Å²) in [6.45, 7) is 6.93. The summed E-state index contributed by atoms with van der Waals surface area (Å²) in [4.78, 5) is 0.960. The molecule has 86 valence electrons. The van der Waals surface area contributed by atoms with Gasteiger partial charge in [-0.15, -0.1) is 12.6 Å².